The van der Waals surface area contributed by atoms with E-state index >= 15 is 0 Å². The quantitative estimate of drug-likeness (QED) is 0.692. The Labute approximate surface area is 74.4 Å². The smallest absolute Gasteiger partial charge is 0.323 e. The first-order valence-electron chi connectivity index (χ1n) is 2.91. The van der Waals surface area contributed by atoms with E-state index in [0.29, 0.717) is 6.29 Å². The van der Waals surface area contributed by atoms with E-state index in [4.69, 9.17) is 5.11 Å². The molecule has 66 valence electrons. The Morgan fingerprint density at radius 1 is 1.75 bits per heavy atom. The minimum Gasteiger partial charge on any atom is -0.480 e. The average molecular weight is 191 g/mol. The first-order chi connectivity index (χ1) is 5.22. The van der Waals surface area contributed by atoms with Gasteiger partial charge in [0.2, 0.25) is 0 Å². The van der Waals surface area contributed by atoms with E-state index in [-0.39, 0.29) is 24.6 Å². The van der Waals surface area contributed by atoms with Crippen LogP contribution in [-0.4, -0.2) is 26.9 Å². The molecule has 1 N–H and O–H groups in total. The summed E-state index contributed by atoms with van der Waals surface area (Å²) in [5.74, 6) is -0.958. The molecule has 1 aromatic rings. The molecule has 0 amide bonds. The van der Waals surface area contributed by atoms with Gasteiger partial charge in [0.25, 0.3) is 0 Å². The second-order valence-electron chi connectivity index (χ2n) is 1.98. The van der Waals surface area contributed by atoms with Crippen LogP contribution in [0.1, 0.15) is 10.5 Å². The number of carboxylic acids is 1. The fourth-order valence-corrected chi connectivity index (χ4v) is 0.681. The van der Waals surface area contributed by atoms with Crippen LogP contribution in [0.25, 0.3) is 0 Å². The standard InChI is InChI=1S/C6H6N2O3.ClH/c9-3-5-1-8(4-7-5)2-6(10)11;/h1,3-4H,2H2,(H,10,11);1H. The van der Waals surface area contributed by atoms with Crippen molar-refractivity contribution in [2.45, 2.75) is 6.54 Å². The number of carbonyl (C=O) groups excluding carboxylic acids is 1. The number of carbonyl (C=O) groups is 2. The van der Waals surface area contributed by atoms with Gasteiger partial charge in [0.05, 0.1) is 6.33 Å². The number of aldehydes is 1. The number of hydrogen-bond acceptors (Lipinski definition) is 3. The number of rotatable bonds is 3. The van der Waals surface area contributed by atoms with Gasteiger partial charge < -0.3 is 9.67 Å². The van der Waals surface area contributed by atoms with Crippen molar-refractivity contribution in [1.82, 2.24) is 9.55 Å². The topological polar surface area (TPSA) is 72.2 Å². The fourth-order valence-electron chi connectivity index (χ4n) is 0.681. The van der Waals surface area contributed by atoms with Crippen LogP contribution in [-0.2, 0) is 11.3 Å². The molecule has 0 spiro atoms. The third-order valence-corrected chi connectivity index (χ3v) is 1.09. The number of aromatic nitrogens is 2. The summed E-state index contributed by atoms with van der Waals surface area (Å²) in [6.45, 7) is -0.166. The van der Waals surface area contributed by atoms with Crippen molar-refractivity contribution in [2.75, 3.05) is 0 Å². The van der Waals surface area contributed by atoms with Crippen molar-refractivity contribution in [3.05, 3.63) is 18.2 Å². The van der Waals surface area contributed by atoms with Crippen LogP contribution in [0.5, 0.6) is 0 Å². The highest BCUT2D eigenvalue weighted by molar-refractivity contribution is 5.85. The lowest BCUT2D eigenvalue weighted by Crippen LogP contribution is -2.06. The van der Waals surface area contributed by atoms with Crippen molar-refractivity contribution >= 4 is 24.7 Å². The van der Waals surface area contributed by atoms with E-state index in [9.17, 15) is 9.59 Å². The van der Waals surface area contributed by atoms with Gasteiger partial charge in [0, 0.05) is 6.20 Å². The largest absolute Gasteiger partial charge is 0.480 e. The summed E-state index contributed by atoms with van der Waals surface area (Å²) in [7, 11) is 0. The molecule has 0 aliphatic carbocycles. The van der Waals surface area contributed by atoms with Crippen LogP contribution in [0.3, 0.4) is 0 Å². The van der Waals surface area contributed by atoms with Crippen LogP contribution < -0.4 is 0 Å². The molecule has 5 nitrogen and oxygen atoms in total. The minimum absolute atomic E-state index is 0. The Balaban J connectivity index is 0.00000121. The van der Waals surface area contributed by atoms with E-state index in [1.54, 1.807) is 0 Å². The van der Waals surface area contributed by atoms with Crippen LogP contribution in [0.4, 0.5) is 0 Å². The number of hydrogen-bond donors (Lipinski definition) is 1. The predicted molar refractivity (Wildman–Crippen MR) is 42.5 cm³/mol. The zero-order valence-corrected chi connectivity index (χ0v) is 6.82. The molecule has 0 unspecified atom stereocenters. The zero-order valence-electron chi connectivity index (χ0n) is 6.01. The third-order valence-electron chi connectivity index (χ3n) is 1.09. The molecule has 1 heterocycles. The first-order valence-corrected chi connectivity index (χ1v) is 2.91. The maximum Gasteiger partial charge on any atom is 0.323 e. The molecular weight excluding hydrogens is 184 g/mol. The summed E-state index contributed by atoms with van der Waals surface area (Å²) < 4.78 is 1.33. The van der Waals surface area contributed by atoms with E-state index < -0.39 is 5.97 Å². The molecule has 0 bridgehead atoms. The minimum atomic E-state index is -0.958. The molecular formula is C6H7ClN2O3. The molecule has 6 heteroatoms. The summed E-state index contributed by atoms with van der Waals surface area (Å²) >= 11 is 0. The Morgan fingerprint density at radius 2 is 2.42 bits per heavy atom. The molecule has 0 radical (unpaired) electrons. The SMILES string of the molecule is Cl.O=Cc1cn(CC(=O)O)cn1. The molecule has 0 atom stereocenters. The van der Waals surface area contributed by atoms with Crippen molar-refractivity contribution in [1.29, 1.82) is 0 Å². The highest BCUT2D eigenvalue weighted by atomic mass is 35.5. The summed E-state index contributed by atoms with van der Waals surface area (Å²) in [5, 5.41) is 8.31. The average Bonchev–Trinajstić information content (AvgIpc) is 2.34. The number of halogens is 1. The van der Waals surface area contributed by atoms with Crippen LogP contribution in [0.15, 0.2) is 12.5 Å². The molecule has 0 saturated heterocycles. The van der Waals surface area contributed by atoms with Crippen molar-refractivity contribution in [3.63, 3.8) is 0 Å². The molecule has 0 fully saturated rings. The van der Waals surface area contributed by atoms with Gasteiger partial charge in [-0.15, -0.1) is 12.4 Å². The Morgan fingerprint density at radius 3 is 2.83 bits per heavy atom. The van der Waals surface area contributed by atoms with Gasteiger partial charge in [-0.25, -0.2) is 4.98 Å². The van der Waals surface area contributed by atoms with Gasteiger partial charge in [-0.3, -0.25) is 9.59 Å². The lowest BCUT2D eigenvalue weighted by molar-refractivity contribution is -0.137. The Hall–Kier alpha value is -1.36. The fraction of sp³-hybridized carbons (Fsp3) is 0.167. The highest BCUT2D eigenvalue weighted by Crippen LogP contribution is 1.91. The molecule has 1 aromatic heterocycles. The van der Waals surface area contributed by atoms with Gasteiger partial charge in [0.1, 0.15) is 12.2 Å². The second kappa shape index (κ2) is 4.50. The summed E-state index contributed by atoms with van der Waals surface area (Å²) in [5.41, 5.74) is 0.242. The van der Waals surface area contributed by atoms with Gasteiger partial charge in [-0.05, 0) is 0 Å². The van der Waals surface area contributed by atoms with E-state index in [1.165, 1.54) is 17.1 Å². The van der Waals surface area contributed by atoms with Gasteiger partial charge in [-0.2, -0.15) is 0 Å². The Kier molecular flexibility index (Phi) is 3.99. The van der Waals surface area contributed by atoms with Gasteiger partial charge in [-0.1, -0.05) is 0 Å². The molecule has 0 aromatic carbocycles. The second-order valence-corrected chi connectivity index (χ2v) is 1.98. The van der Waals surface area contributed by atoms with E-state index in [1.807, 2.05) is 0 Å². The molecule has 0 aliphatic rings. The van der Waals surface area contributed by atoms with Crippen molar-refractivity contribution in [2.24, 2.45) is 0 Å². The molecule has 1 rings (SSSR count). The van der Waals surface area contributed by atoms with E-state index in [2.05, 4.69) is 4.98 Å². The zero-order chi connectivity index (χ0) is 8.27. The molecule has 0 saturated carbocycles. The lowest BCUT2D eigenvalue weighted by Gasteiger charge is -1.92. The summed E-state index contributed by atoms with van der Waals surface area (Å²) in [6.07, 6.45) is 3.25. The maximum absolute atomic E-state index is 10.1. The van der Waals surface area contributed by atoms with Crippen LogP contribution in [0, 0.1) is 0 Å². The normalized spacial score (nSPS) is 8.67. The summed E-state index contributed by atoms with van der Waals surface area (Å²) in [6, 6.07) is 0. The number of imidazole rings is 1. The van der Waals surface area contributed by atoms with Crippen LogP contribution in [0.2, 0.25) is 0 Å². The highest BCUT2D eigenvalue weighted by Gasteiger charge is 2.00. The van der Waals surface area contributed by atoms with Gasteiger partial charge >= 0.3 is 5.97 Å². The summed E-state index contributed by atoms with van der Waals surface area (Å²) in [4.78, 5) is 23.8. The molecule has 0 aliphatic heterocycles. The monoisotopic (exact) mass is 190 g/mol. The predicted octanol–water partition coefficient (Wildman–Crippen LogP) is 0.202. The van der Waals surface area contributed by atoms with Crippen LogP contribution >= 0.6 is 12.4 Å². The maximum atomic E-state index is 10.1. The van der Waals surface area contributed by atoms with Crippen molar-refractivity contribution < 1.29 is 14.7 Å². The van der Waals surface area contributed by atoms with Gasteiger partial charge in [0.15, 0.2) is 6.29 Å². The Bertz CT molecular complexity index is 284. The van der Waals surface area contributed by atoms with Crippen molar-refractivity contribution in [3.8, 4) is 0 Å². The lowest BCUT2D eigenvalue weighted by atomic mass is 10.5. The number of carboxylic acid groups (broad SMARTS) is 1. The number of aliphatic carboxylic acids is 1. The first kappa shape index (κ1) is 10.6. The van der Waals surface area contributed by atoms with E-state index in [0.717, 1.165) is 0 Å². The molecule has 12 heavy (non-hydrogen) atoms. The third kappa shape index (κ3) is 2.71. The number of nitrogens with zero attached hydrogens (tertiary/aromatic N) is 2.